The number of methoxy groups -OCH3 is 2. The van der Waals surface area contributed by atoms with E-state index < -0.39 is 0 Å². The van der Waals surface area contributed by atoms with Gasteiger partial charge in [0.2, 0.25) is 0 Å². The minimum atomic E-state index is -0.184. The van der Waals surface area contributed by atoms with Crippen molar-refractivity contribution < 1.29 is 14.3 Å². The number of ketones is 1. The molecule has 1 rings (SSSR count). The van der Waals surface area contributed by atoms with Gasteiger partial charge in [0.25, 0.3) is 0 Å². The van der Waals surface area contributed by atoms with Crippen LogP contribution in [0.25, 0.3) is 0 Å². The standard InChI is InChI=1S/C14H22ClNO3S/c1-11(14(17)12-5-6-13(15)20-12)16(8-10-19-3)7-4-9-18-2/h5-6,11H,4,7-10H2,1-3H3. The Kier molecular flexibility index (Phi) is 8.33. The predicted molar refractivity (Wildman–Crippen MR) is 83.1 cm³/mol. The Balaban J connectivity index is 2.64. The molecule has 0 saturated carbocycles. The highest BCUT2D eigenvalue weighted by atomic mass is 35.5. The zero-order chi connectivity index (χ0) is 15.0. The van der Waals surface area contributed by atoms with E-state index in [1.165, 1.54) is 11.3 Å². The first-order valence-electron chi connectivity index (χ1n) is 6.61. The van der Waals surface area contributed by atoms with Crippen molar-refractivity contribution in [3.05, 3.63) is 21.3 Å². The summed E-state index contributed by atoms with van der Waals surface area (Å²) in [6.45, 7) is 4.76. The Labute approximate surface area is 129 Å². The van der Waals surface area contributed by atoms with Gasteiger partial charge >= 0.3 is 0 Å². The Bertz CT molecular complexity index is 411. The maximum atomic E-state index is 12.4. The molecule has 1 atom stereocenters. The van der Waals surface area contributed by atoms with Crippen LogP contribution < -0.4 is 0 Å². The second-order valence-electron chi connectivity index (χ2n) is 4.52. The van der Waals surface area contributed by atoms with E-state index in [-0.39, 0.29) is 11.8 Å². The van der Waals surface area contributed by atoms with Crippen LogP contribution in [-0.4, -0.2) is 57.2 Å². The topological polar surface area (TPSA) is 38.8 Å². The van der Waals surface area contributed by atoms with Gasteiger partial charge in [0, 0.05) is 33.9 Å². The van der Waals surface area contributed by atoms with Crippen molar-refractivity contribution in [1.29, 1.82) is 0 Å². The third-order valence-electron chi connectivity index (χ3n) is 3.12. The van der Waals surface area contributed by atoms with Gasteiger partial charge < -0.3 is 9.47 Å². The number of thiophene rings is 1. The van der Waals surface area contributed by atoms with E-state index in [1.807, 2.05) is 6.92 Å². The number of halogens is 1. The Morgan fingerprint density at radius 3 is 2.55 bits per heavy atom. The maximum Gasteiger partial charge on any atom is 0.189 e. The van der Waals surface area contributed by atoms with Crippen molar-refractivity contribution in [2.45, 2.75) is 19.4 Å². The van der Waals surface area contributed by atoms with E-state index in [0.717, 1.165) is 19.5 Å². The number of Topliss-reactive ketones (excluding diaryl/α,β-unsaturated/α-hetero) is 1. The van der Waals surface area contributed by atoms with Gasteiger partial charge in [0.15, 0.2) is 5.78 Å². The molecule has 0 bridgehead atoms. The third kappa shape index (κ3) is 5.50. The largest absolute Gasteiger partial charge is 0.385 e. The number of hydrogen-bond acceptors (Lipinski definition) is 5. The number of rotatable bonds is 10. The fourth-order valence-corrected chi connectivity index (χ4v) is 3.00. The molecule has 1 heterocycles. The summed E-state index contributed by atoms with van der Waals surface area (Å²) in [5.41, 5.74) is 0. The molecule has 1 aromatic rings. The second-order valence-corrected chi connectivity index (χ2v) is 6.23. The average molecular weight is 320 g/mol. The molecule has 114 valence electrons. The molecular weight excluding hydrogens is 298 g/mol. The molecule has 1 unspecified atom stereocenters. The van der Waals surface area contributed by atoms with Gasteiger partial charge in [0.05, 0.1) is 21.9 Å². The summed E-state index contributed by atoms with van der Waals surface area (Å²) in [6, 6.07) is 3.36. The smallest absolute Gasteiger partial charge is 0.189 e. The second kappa shape index (κ2) is 9.47. The van der Waals surface area contributed by atoms with E-state index in [0.29, 0.717) is 22.4 Å². The summed E-state index contributed by atoms with van der Waals surface area (Å²) in [4.78, 5) is 15.3. The molecule has 0 aliphatic carbocycles. The molecule has 0 N–H and O–H groups in total. The fraction of sp³-hybridized carbons (Fsp3) is 0.643. The van der Waals surface area contributed by atoms with Crippen LogP contribution in [0.15, 0.2) is 12.1 Å². The van der Waals surface area contributed by atoms with E-state index >= 15 is 0 Å². The monoisotopic (exact) mass is 319 g/mol. The lowest BCUT2D eigenvalue weighted by Crippen LogP contribution is -2.41. The molecule has 1 aromatic heterocycles. The predicted octanol–water partition coefficient (Wildman–Crippen LogP) is 2.96. The first kappa shape index (κ1) is 17.6. The van der Waals surface area contributed by atoms with Gasteiger partial charge in [-0.3, -0.25) is 9.69 Å². The highest BCUT2D eigenvalue weighted by Gasteiger charge is 2.23. The SMILES string of the molecule is COCCCN(CCOC)C(C)C(=O)c1ccc(Cl)s1. The highest BCUT2D eigenvalue weighted by Crippen LogP contribution is 2.23. The molecule has 0 aromatic carbocycles. The molecular formula is C14H22ClNO3S. The van der Waals surface area contributed by atoms with Crippen LogP contribution in [-0.2, 0) is 9.47 Å². The summed E-state index contributed by atoms with van der Waals surface area (Å²) in [5.74, 6) is 0.107. The normalized spacial score (nSPS) is 12.8. The van der Waals surface area contributed by atoms with E-state index in [9.17, 15) is 4.79 Å². The Hall–Kier alpha value is -0.460. The molecule has 0 saturated heterocycles. The van der Waals surface area contributed by atoms with Crippen molar-refractivity contribution in [3.63, 3.8) is 0 Å². The van der Waals surface area contributed by atoms with Crippen LogP contribution in [0.3, 0.4) is 0 Å². The summed E-state index contributed by atoms with van der Waals surface area (Å²) in [5, 5.41) is 0. The lowest BCUT2D eigenvalue weighted by atomic mass is 10.1. The average Bonchev–Trinajstić information content (AvgIpc) is 2.87. The van der Waals surface area contributed by atoms with Crippen LogP contribution in [0.1, 0.15) is 23.0 Å². The first-order chi connectivity index (χ1) is 9.60. The summed E-state index contributed by atoms with van der Waals surface area (Å²) in [6.07, 6.45) is 0.892. The van der Waals surface area contributed by atoms with Crippen molar-refractivity contribution in [2.24, 2.45) is 0 Å². The van der Waals surface area contributed by atoms with Crippen LogP contribution in [0, 0.1) is 0 Å². The highest BCUT2D eigenvalue weighted by molar-refractivity contribution is 7.18. The number of nitrogens with zero attached hydrogens (tertiary/aromatic N) is 1. The minimum absolute atomic E-state index is 0.107. The molecule has 0 spiro atoms. The third-order valence-corrected chi connectivity index (χ3v) is 4.37. The summed E-state index contributed by atoms with van der Waals surface area (Å²) in [7, 11) is 3.35. The Morgan fingerprint density at radius 2 is 2.00 bits per heavy atom. The van der Waals surface area contributed by atoms with Crippen molar-refractivity contribution in [1.82, 2.24) is 4.90 Å². The molecule has 0 amide bonds. The van der Waals surface area contributed by atoms with Crippen LogP contribution in [0.2, 0.25) is 4.34 Å². The fourth-order valence-electron chi connectivity index (χ4n) is 1.94. The number of carbonyl (C=O) groups is 1. The van der Waals surface area contributed by atoms with Crippen molar-refractivity contribution in [3.8, 4) is 0 Å². The van der Waals surface area contributed by atoms with E-state index in [4.69, 9.17) is 21.1 Å². The lowest BCUT2D eigenvalue weighted by Gasteiger charge is -2.27. The summed E-state index contributed by atoms with van der Waals surface area (Å²) >= 11 is 7.22. The van der Waals surface area contributed by atoms with Gasteiger partial charge in [-0.2, -0.15) is 0 Å². The van der Waals surface area contributed by atoms with Gasteiger partial charge in [0.1, 0.15) is 0 Å². The van der Waals surface area contributed by atoms with Gasteiger partial charge in [-0.1, -0.05) is 11.6 Å². The number of ether oxygens (including phenoxy) is 2. The van der Waals surface area contributed by atoms with Gasteiger partial charge in [-0.05, 0) is 25.5 Å². The molecule has 4 nitrogen and oxygen atoms in total. The van der Waals surface area contributed by atoms with Gasteiger partial charge in [-0.25, -0.2) is 0 Å². The Morgan fingerprint density at radius 1 is 1.30 bits per heavy atom. The molecule has 6 heteroatoms. The zero-order valence-corrected chi connectivity index (χ0v) is 13.8. The zero-order valence-electron chi connectivity index (χ0n) is 12.2. The van der Waals surface area contributed by atoms with Crippen molar-refractivity contribution >= 4 is 28.7 Å². The van der Waals surface area contributed by atoms with Crippen LogP contribution in [0.5, 0.6) is 0 Å². The molecule has 0 aliphatic rings. The van der Waals surface area contributed by atoms with Crippen LogP contribution >= 0.6 is 22.9 Å². The molecule has 0 radical (unpaired) electrons. The van der Waals surface area contributed by atoms with Crippen molar-refractivity contribution in [2.75, 3.05) is 40.5 Å². The minimum Gasteiger partial charge on any atom is -0.385 e. The van der Waals surface area contributed by atoms with E-state index in [2.05, 4.69) is 4.90 Å². The summed E-state index contributed by atoms with van der Waals surface area (Å²) < 4.78 is 10.8. The van der Waals surface area contributed by atoms with E-state index in [1.54, 1.807) is 26.4 Å². The quantitative estimate of drug-likeness (QED) is 0.491. The maximum absolute atomic E-state index is 12.4. The van der Waals surface area contributed by atoms with Crippen LogP contribution in [0.4, 0.5) is 0 Å². The molecule has 20 heavy (non-hydrogen) atoms. The number of hydrogen-bond donors (Lipinski definition) is 0. The number of carbonyl (C=O) groups excluding carboxylic acids is 1. The molecule has 0 aliphatic heterocycles. The lowest BCUT2D eigenvalue weighted by molar-refractivity contribution is 0.0752. The first-order valence-corrected chi connectivity index (χ1v) is 7.81. The van der Waals surface area contributed by atoms with Gasteiger partial charge in [-0.15, -0.1) is 11.3 Å². The molecule has 0 fully saturated rings.